The van der Waals surface area contributed by atoms with E-state index in [0.717, 1.165) is 25.1 Å². The molecule has 0 bridgehead atoms. The standard InChI is InChI=1S/C17H18ClNO2S/c1-21-17(20)10-15(13-4-2-3-5-14(13)18)19-8-6-16-12(11-19)7-9-22-16/h2-5,7,9,15H,6,8,10-11H2,1H3. The van der Waals surface area contributed by atoms with Crippen LogP contribution in [0, 0.1) is 0 Å². The number of nitrogens with zero attached hydrogens (tertiary/aromatic N) is 1. The summed E-state index contributed by atoms with van der Waals surface area (Å²) in [5.74, 6) is -0.207. The Morgan fingerprint density at radius 1 is 1.41 bits per heavy atom. The number of rotatable bonds is 4. The Kier molecular flexibility index (Phi) is 4.81. The van der Waals surface area contributed by atoms with E-state index in [-0.39, 0.29) is 12.0 Å². The van der Waals surface area contributed by atoms with Crippen molar-refractivity contribution in [1.82, 2.24) is 4.90 Å². The second kappa shape index (κ2) is 6.82. The number of esters is 1. The molecule has 0 fully saturated rings. The molecule has 2 heterocycles. The number of carbonyl (C=O) groups is 1. The predicted octanol–water partition coefficient (Wildman–Crippen LogP) is 4.06. The minimum atomic E-state index is -0.207. The van der Waals surface area contributed by atoms with Gasteiger partial charge in [-0.3, -0.25) is 9.69 Å². The summed E-state index contributed by atoms with van der Waals surface area (Å²) in [5.41, 5.74) is 2.35. The van der Waals surface area contributed by atoms with Gasteiger partial charge in [-0.1, -0.05) is 29.8 Å². The van der Waals surface area contributed by atoms with Gasteiger partial charge in [0.25, 0.3) is 0 Å². The Labute approximate surface area is 139 Å². The van der Waals surface area contributed by atoms with Crippen LogP contribution in [0.3, 0.4) is 0 Å². The third-order valence-corrected chi connectivity index (χ3v) is 5.50. The van der Waals surface area contributed by atoms with Gasteiger partial charge in [-0.2, -0.15) is 0 Å². The van der Waals surface area contributed by atoms with E-state index in [4.69, 9.17) is 16.3 Å². The zero-order valence-electron chi connectivity index (χ0n) is 12.4. The first-order chi connectivity index (χ1) is 10.7. The summed E-state index contributed by atoms with van der Waals surface area (Å²) in [6, 6.07) is 9.88. The molecule has 0 radical (unpaired) electrons. The number of hydrogen-bond donors (Lipinski definition) is 0. The van der Waals surface area contributed by atoms with Gasteiger partial charge < -0.3 is 4.74 Å². The molecule has 1 unspecified atom stereocenters. The largest absolute Gasteiger partial charge is 0.469 e. The molecule has 3 nitrogen and oxygen atoms in total. The lowest BCUT2D eigenvalue weighted by Crippen LogP contribution is -2.35. The van der Waals surface area contributed by atoms with Crippen LogP contribution >= 0.6 is 22.9 Å². The van der Waals surface area contributed by atoms with Crippen molar-refractivity contribution in [2.75, 3.05) is 13.7 Å². The summed E-state index contributed by atoms with van der Waals surface area (Å²) in [4.78, 5) is 15.6. The first kappa shape index (κ1) is 15.5. The number of methoxy groups -OCH3 is 1. The van der Waals surface area contributed by atoms with Crippen molar-refractivity contribution in [2.45, 2.75) is 25.4 Å². The fraction of sp³-hybridized carbons (Fsp3) is 0.353. The molecule has 1 aliphatic heterocycles. The van der Waals surface area contributed by atoms with Crippen LogP contribution in [0.15, 0.2) is 35.7 Å². The van der Waals surface area contributed by atoms with Crippen LogP contribution in [0.1, 0.15) is 28.5 Å². The number of hydrogen-bond acceptors (Lipinski definition) is 4. The number of carbonyl (C=O) groups excluding carboxylic acids is 1. The van der Waals surface area contributed by atoms with E-state index in [2.05, 4.69) is 16.3 Å². The van der Waals surface area contributed by atoms with E-state index in [9.17, 15) is 4.79 Å². The molecule has 116 valence electrons. The summed E-state index contributed by atoms with van der Waals surface area (Å²) in [6.07, 6.45) is 1.34. The third-order valence-electron chi connectivity index (χ3n) is 4.13. The first-order valence-corrected chi connectivity index (χ1v) is 8.55. The molecule has 2 aromatic rings. The topological polar surface area (TPSA) is 29.5 Å². The lowest BCUT2D eigenvalue weighted by atomic mass is 9.98. The molecule has 0 spiro atoms. The van der Waals surface area contributed by atoms with Gasteiger partial charge in [-0.15, -0.1) is 11.3 Å². The molecule has 5 heteroatoms. The summed E-state index contributed by atoms with van der Waals surface area (Å²) in [6.45, 7) is 1.78. The fourth-order valence-electron chi connectivity index (χ4n) is 2.96. The maximum absolute atomic E-state index is 11.9. The SMILES string of the molecule is COC(=O)CC(c1ccccc1Cl)N1CCc2sccc2C1. The monoisotopic (exact) mass is 335 g/mol. The van der Waals surface area contributed by atoms with E-state index in [1.54, 1.807) is 0 Å². The molecule has 1 aromatic heterocycles. The van der Waals surface area contributed by atoms with Gasteiger partial charge in [0.05, 0.1) is 13.5 Å². The molecular formula is C17H18ClNO2S. The first-order valence-electron chi connectivity index (χ1n) is 7.29. The Morgan fingerprint density at radius 3 is 3.00 bits per heavy atom. The van der Waals surface area contributed by atoms with Crippen LogP contribution in [0.2, 0.25) is 5.02 Å². The van der Waals surface area contributed by atoms with Gasteiger partial charge in [-0.25, -0.2) is 0 Å². The summed E-state index contributed by atoms with van der Waals surface area (Å²) < 4.78 is 4.88. The van der Waals surface area contributed by atoms with E-state index >= 15 is 0 Å². The quantitative estimate of drug-likeness (QED) is 0.789. The average Bonchev–Trinajstić information content (AvgIpc) is 3.00. The number of fused-ring (bicyclic) bond motifs is 1. The average molecular weight is 336 g/mol. The van der Waals surface area contributed by atoms with E-state index < -0.39 is 0 Å². The number of thiophene rings is 1. The zero-order valence-corrected chi connectivity index (χ0v) is 14.0. The van der Waals surface area contributed by atoms with Crippen molar-refractivity contribution in [3.8, 4) is 0 Å². The molecule has 0 saturated carbocycles. The highest BCUT2D eigenvalue weighted by atomic mass is 35.5. The van der Waals surface area contributed by atoms with Crippen LogP contribution in [0.5, 0.6) is 0 Å². The Bertz CT molecular complexity index is 670. The smallest absolute Gasteiger partial charge is 0.307 e. The van der Waals surface area contributed by atoms with Gasteiger partial charge in [0.2, 0.25) is 0 Å². The van der Waals surface area contributed by atoms with E-state index in [0.29, 0.717) is 11.4 Å². The predicted molar refractivity (Wildman–Crippen MR) is 89.3 cm³/mol. The lowest BCUT2D eigenvalue weighted by molar-refractivity contribution is -0.142. The maximum atomic E-state index is 11.9. The molecule has 0 saturated heterocycles. The van der Waals surface area contributed by atoms with Crippen molar-refractivity contribution in [3.63, 3.8) is 0 Å². The van der Waals surface area contributed by atoms with Crippen LogP contribution in [0.4, 0.5) is 0 Å². The molecule has 0 amide bonds. The van der Waals surface area contributed by atoms with Crippen molar-refractivity contribution >= 4 is 28.9 Å². The lowest BCUT2D eigenvalue weighted by Gasteiger charge is -2.34. The molecule has 0 aliphatic carbocycles. The minimum absolute atomic E-state index is 0.0470. The third kappa shape index (κ3) is 3.19. The van der Waals surface area contributed by atoms with E-state index in [1.807, 2.05) is 35.6 Å². The second-order valence-electron chi connectivity index (χ2n) is 5.41. The molecule has 1 aromatic carbocycles. The van der Waals surface area contributed by atoms with Gasteiger partial charge in [0.15, 0.2) is 0 Å². The second-order valence-corrected chi connectivity index (χ2v) is 6.81. The number of halogens is 1. The highest BCUT2D eigenvalue weighted by Crippen LogP contribution is 2.35. The zero-order chi connectivity index (χ0) is 15.5. The van der Waals surface area contributed by atoms with Crippen LogP contribution in [-0.2, 0) is 22.5 Å². The fourth-order valence-corrected chi connectivity index (χ4v) is 4.11. The maximum Gasteiger partial charge on any atom is 0.307 e. The van der Waals surface area contributed by atoms with Crippen LogP contribution in [-0.4, -0.2) is 24.5 Å². The van der Waals surface area contributed by atoms with Gasteiger partial charge in [-0.05, 0) is 35.1 Å². The number of ether oxygens (including phenoxy) is 1. The molecule has 0 N–H and O–H groups in total. The summed E-state index contributed by atoms with van der Waals surface area (Å²) >= 11 is 8.18. The van der Waals surface area contributed by atoms with Gasteiger partial charge in [0, 0.05) is 29.0 Å². The molecular weight excluding hydrogens is 318 g/mol. The summed E-state index contributed by atoms with van der Waals surface area (Å²) in [5, 5.41) is 2.84. The van der Waals surface area contributed by atoms with Crippen LogP contribution < -0.4 is 0 Å². The Balaban J connectivity index is 1.89. The molecule has 3 rings (SSSR count). The van der Waals surface area contributed by atoms with Crippen molar-refractivity contribution < 1.29 is 9.53 Å². The Hall–Kier alpha value is -1.36. The molecule has 1 aliphatic rings. The summed E-state index contributed by atoms with van der Waals surface area (Å²) in [7, 11) is 1.43. The van der Waals surface area contributed by atoms with Crippen molar-refractivity contribution in [2.24, 2.45) is 0 Å². The molecule has 1 atom stereocenters. The molecule has 22 heavy (non-hydrogen) atoms. The van der Waals surface area contributed by atoms with Crippen LogP contribution in [0.25, 0.3) is 0 Å². The van der Waals surface area contributed by atoms with Gasteiger partial charge >= 0.3 is 5.97 Å². The number of benzene rings is 1. The van der Waals surface area contributed by atoms with E-state index in [1.165, 1.54) is 17.6 Å². The highest BCUT2D eigenvalue weighted by molar-refractivity contribution is 7.10. The highest BCUT2D eigenvalue weighted by Gasteiger charge is 2.28. The normalized spacial score (nSPS) is 16.1. The van der Waals surface area contributed by atoms with Gasteiger partial charge in [0.1, 0.15) is 0 Å². The minimum Gasteiger partial charge on any atom is -0.469 e. The van der Waals surface area contributed by atoms with Crippen molar-refractivity contribution in [3.05, 3.63) is 56.7 Å². The van der Waals surface area contributed by atoms with Crippen molar-refractivity contribution in [1.29, 1.82) is 0 Å². The Morgan fingerprint density at radius 2 is 2.23 bits per heavy atom.